The largest absolute Gasteiger partial charge is 0.329 e. The molecule has 0 saturated heterocycles. The summed E-state index contributed by atoms with van der Waals surface area (Å²) in [5.41, 5.74) is 5.53. The van der Waals surface area contributed by atoms with E-state index in [-0.39, 0.29) is 5.91 Å². The fourth-order valence-corrected chi connectivity index (χ4v) is 2.49. The van der Waals surface area contributed by atoms with Gasteiger partial charge in [-0.15, -0.1) is 0 Å². The van der Waals surface area contributed by atoms with Gasteiger partial charge in [0.25, 0.3) is 0 Å². The Morgan fingerprint density at radius 2 is 1.82 bits per heavy atom. The van der Waals surface area contributed by atoms with Crippen LogP contribution < -0.4 is 11.1 Å². The lowest BCUT2D eigenvalue weighted by Gasteiger charge is -2.15. The molecule has 0 aliphatic heterocycles. The Kier molecular flexibility index (Phi) is 3.55. The van der Waals surface area contributed by atoms with E-state index >= 15 is 0 Å². The average molecular weight is 294 g/mol. The second kappa shape index (κ2) is 4.65. The molecule has 17 heavy (non-hydrogen) atoms. The van der Waals surface area contributed by atoms with Crippen molar-refractivity contribution in [3.8, 4) is 0 Å². The molecule has 92 valence electrons. The van der Waals surface area contributed by atoms with Crippen LogP contribution in [0.2, 0.25) is 15.1 Å². The lowest BCUT2D eigenvalue weighted by molar-refractivity contribution is -0.120. The van der Waals surface area contributed by atoms with Crippen LogP contribution in [-0.2, 0) is 4.79 Å². The number of nitrogens with two attached hydrogens (primary N) is 1. The van der Waals surface area contributed by atoms with Gasteiger partial charge in [0.15, 0.2) is 0 Å². The van der Waals surface area contributed by atoms with Gasteiger partial charge in [-0.05, 0) is 25.0 Å². The molecule has 2 rings (SSSR count). The summed E-state index contributed by atoms with van der Waals surface area (Å²) in [6.45, 7) is 0.335. The number of hydrogen-bond acceptors (Lipinski definition) is 2. The number of rotatable bonds is 3. The van der Waals surface area contributed by atoms with Crippen molar-refractivity contribution >= 4 is 46.4 Å². The second-order valence-electron chi connectivity index (χ2n) is 4.18. The lowest BCUT2D eigenvalue weighted by Crippen LogP contribution is -2.31. The molecule has 1 aromatic rings. The zero-order valence-electron chi connectivity index (χ0n) is 8.90. The smallest absolute Gasteiger partial charge is 0.231 e. The van der Waals surface area contributed by atoms with Gasteiger partial charge in [0, 0.05) is 11.6 Å². The maximum absolute atomic E-state index is 12.0. The minimum Gasteiger partial charge on any atom is -0.329 e. The van der Waals surface area contributed by atoms with Crippen molar-refractivity contribution in [1.29, 1.82) is 0 Å². The first-order chi connectivity index (χ1) is 7.98. The van der Waals surface area contributed by atoms with Crippen LogP contribution in [0.25, 0.3) is 0 Å². The van der Waals surface area contributed by atoms with E-state index in [2.05, 4.69) is 5.32 Å². The molecule has 1 aliphatic carbocycles. The minimum absolute atomic E-state index is 0.133. The van der Waals surface area contributed by atoms with Gasteiger partial charge < -0.3 is 11.1 Å². The molecule has 1 aromatic carbocycles. The van der Waals surface area contributed by atoms with E-state index < -0.39 is 5.41 Å². The van der Waals surface area contributed by atoms with Gasteiger partial charge in [-0.1, -0.05) is 34.8 Å². The van der Waals surface area contributed by atoms with Crippen molar-refractivity contribution in [3.63, 3.8) is 0 Å². The number of benzene rings is 1. The Morgan fingerprint density at radius 1 is 1.29 bits per heavy atom. The molecule has 0 bridgehead atoms. The summed E-state index contributed by atoms with van der Waals surface area (Å²) < 4.78 is 0. The Balaban J connectivity index is 2.22. The van der Waals surface area contributed by atoms with Gasteiger partial charge in [-0.3, -0.25) is 4.79 Å². The maximum Gasteiger partial charge on any atom is 0.231 e. The molecular formula is C11H11Cl3N2O. The van der Waals surface area contributed by atoms with Gasteiger partial charge in [0.05, 0.1) is 21.1 Å². The number of anilines is 1. The molecule has 6 heteroatoms. The van der Waals surface area contributed by atoms with Gasteiger partial charge in [0.2, 0.25) is 5.91 Å². The summed E-state index contributed by atoms with van der Waals surface area (Å²) in [6.07, 6.45) is 1.61. The highest BCUT2D eigenvalue weighted by molar-refractivity contribution is 6.42. The van der Waals surface area contributed by atoms with Crippen molar-refractivity contribution in [3.05, 3.63) is 27.2 Å². The average Bonchev–Trinajstić information content (AvgIpc) is 3.03. The minimum atomic E-state index is -0.438. The molecule has 3 nitrogen and oxygen atoms in total. The Labute approximate surface area is 114 Å². The molecule has 1 saturated carbocycles. The Bertz CT molecular complexity index is 449. The Morgan fingerprint density at radius 3 is 2.24 bits per heavy atom. The van der Waals surface area contributed by atoms with Crippen molar-refractivity contribution < 1.29 is 4.79 Å². The van der Waals surface area contributed by atoms with Crippen LogP contribution >= 0.6 is 34.8 Å². The van der Waals surface area contributed by atoms with E-state index in [1.54, 1.807) is 0 Å². The molecule has 0 atom stereocenters. The van der Waals surface area contributed by atoms with Gasteiger partial charge in [-0.25, -0.2) is 0 Å². The summed E-state index contributed by atoms with van der Waals surface area (Å²) in [7, 11) is 0. The number of nitrogens with one attached hydrogen (secondary N) is 1. The van der Waals surface area contributed by atoms with Gasteiger partial charge >= 0.3 is 0 Å². The molecular weight excluding hydrogens is 282 g/mol. The van der Waals surface area contributed by atoms with Crippen LogP contribution in [0.15, 0.2) is 12.1 Å². The first kappa shape index (κ1) is 13.0. The summed E-state index contributed by atoms with van der Waals surface area (Å²) in [6, 6.07) is 3.07. The highest BCUT2D eigenvalue weighted by Crippen LogP contribution is 2.46. The van der Waals surface area contributed by atoms with E-state index in [1.165, 1.54) is 12.1 Å². The van der Waals surface area contributed by atoms with Crippen LogP contribution in [0.4, 0.5) is 5.69 Å². The third-order valence-corrected chi connectivity index (χ3v) is 3.79. The van der Waals surface area contributed by atoms with Crippen LogP contribution in [0.1, 0.15) is 12.8 Å². The number of carbonyl (C=O) groups is 1. The van der Waals surface area contributed by atoms with Crippen molar-refractivity contribution in [2.75, 3.05) is 11.9 Å². The summed E-state index contributed by atoms with van der Waals surface area (Å²) in [5.74, 6) is -0.133. The normalized spacial score (nSPS) is 16.7. The summed E-state index contributed by atoms with van der Waals surface area (Å²) in [5, 5.41) is 3.79. The van der Waals surface area contributed by atoms with E-state index in [0.29, 0.717) is 27.3 Å². The fraction of sp³-hybridized carbons (Fsp3) is 0.364. The Hall–Kier alpha value is -0.480. The molecule has 1 amide bonds. The second-order valence-corrected chi connectivity index (χ2v) is 5.43. The highest BCUT2D eigenvalue weighted by Gasteiger charge is 2.48. The quantitative estimate of drug-likeness (QED) is 0.898. The zero-order valence-corrected chi connectivity index (χ0v) is 11.2. The molecule has 0 radical (unpaired) electrons. The SMILES string of the molecule is NCC1(C(=O)Nc2c(Cl)cc(Cl)cc2Cl)CC1. The van der Waals surface area contributed by atoms with Gasteiger partial charge in [-0.2, -0.15) is 0 Å². The van der Waals surface area contributed by atoms with Crippen molar-refractivity contribution in [1.82, 2.24) is 0 Å². The summed E-state index contributed by atoms with van der Waals surface area (Å²) >= 11 is 17.7. The van der Waals surface area contributed by atoms with E-state index in [4.69, 9.17) is 40.5 Å². The molecule has 0 unspecified atom stereocenters. The fourth-order valence-electron chi connectivity index (χ4n) is 1.58. The first-order valence-electron chi connectivity index (χ1n) is 5.14. The molecule has 1 fully saturated rings. The van der Waals surface area contributed by atoms with Crippen molar-refractivity contribution in [2.45, 2.75) is 12.8 Å². The first-order valence-corrected chi connectivity index (χ1v) is 6.28. The standard InChI is InChI=1S/C11H11Cl3N2O/c12-6-3-7(13)9(8(14)4-6)16-10(17)11(5-15)1-2-11/h3-4H,1-2,5,15H2,(H,16,17). The molecule has 3 N–H and O–H groups in total. The molecule has 0 heterocycles. The van der Waals surface area contributed by atoms with Crippen LogP contribution in [0, 0.1) is 5.41 Å². The highest BCUT2D eigenvalue weighted by atomic mass is 35.5. The number of amides is 1. The monoisotopic (exact) mass is 292 g/mol. The molecule has 0 spiro atoms. The maximum atomic E-state index is 12.0. The van der Waals surface area contributed by atoms with Crippen LogP contribution in [0.5, 0.6) is 0 Å². The van der Waals surface area contributed by atoms with Crippen molar-refractivity contribution in [2.24, 2.45) is 11.1 Å². The van der Waals surface area contributed by atoms with E-state index in [9.17, 15) is 4.79 Å². The zero-order chi connectivity index (χ0) is 12.6. The van der Waals surface area contributed by atoms with Crippen LogP contribution in [0.3, 0.4) is 0 Å². The van der Waals surface area contributed by atoms with Crippen LogP contribution in [-0.4, -0.2) is 12.5 Å². The topological polar surface area (TPSA) is 55.1 Å². The predicted molar refractivity (Wildman–Crippen MR) is 70.8 cm³/mol. The van der Waals surface area contributed by atoms with Gasteiger partial charge in [0.1, 0.15) is 0 Å². The third kappa shape index (κ3) is 2.52. The third-order valence-electron chi connectivity index (χ3n) is 2.97. The predicted octanol–water partition coefficient (Wildman–Crippen LogP) is 3.32. The van der Waals surface area contributed by atoms with E-state index in [1.807, 2.05) is 0 Å². The summed E-state index contributed by atoms with van der Waals surface area (Å²) in [4.78, 5) is 12.0. The number of halogens is 3. The molecule has 0 aromatic heterocycles. The van der Waals surface area contributed by atoms with E-state index in [0.717, 1.165) is 12.8 Å². The molecule has 1 aliphatic rings. The lowest BCUT2D eigenvalue weighted by atomic mass is 10.1. The number of carbonyl (C=O) groups excluding carboxylic acids is 1. The number of hydrogen-bond donors (Lipinski definition) is 2.